The standard InChI is InChI=1S/C32H26Br2N2O3S/c1-21(24-9-5-3-6-10-24)36-31(37)29(40-32(36)35-26-11-7-4-8-12-26)19-23-17-27(34)30(28(18-23)38-2)39-20-22-13-15-25(33)16-14-22/h3-19,21H,20H2,1-2H3/b29-19+,35-32?/t21-/m0/s1. The van der Waals surface area contributed by atoms with E-state index in [1.165, 1.54) is 11.8 Å². The molecule has 0 spiro atoms. The molecule has 0 unspecified atom stereocenters. The van der Waals surface area contributed by atoms with Gasteiger partial charge >= 0.3 is 0 Å². The highest BCUT2D eigenvalue weighted by Crippen LogP contribution is 2.42. The van der Waals surface area contributed by atoms with Crippen molar-refractivity contribution in [3.63, 3.8) is 0 Å². The highest BCUT2D eigenvalue weighted by molar-refractivity contribution is 9.10. The van der Waals surface area contributed by atoms with Crippen LogP contribution in [0.15, 0.2) is 116 Å². The van der Waals surface area contributed by atoms with Crippen molar-refractivity contribution in [2.75, 3.05) is 7.11 Å². The van der Waals surface area contributed by atoms with Gasteiger partial charge in [-0.15, -0.1) is 0 Å². The molecule has 1 aliphatic heterocycles. The van der Waals surface area contributed by atoms with Crippen LogP contribution < -0.4 is 9.47 Å². The number of ether oxygens (including phenoxy) is 2. The Bertz CT molecular complexity index is 1560. The Hall–Kier alpha value is -3.33. The summed E-state index contributed by atoms with van der Waals surface area (Å²) in [4.78, 5) is 21.0. The van der Waals surface area contributed by atoms with E-state index in [-0.39, 0.29) is 11.9 Å². The molecule has 0 aliphatic carbocycles. The van der Waals surface area contributed by atoms with Crippen LogP contribution in [-0.4, -0.2) is 23.1 Å². The lowest BCUT2D eigenvalue weighted by atomic mass is 10.1. The number of amidine groups is 1. The van der Waals surface area contributed by atoms with Crippen LogP contribution in [-0.2, 0) is 11.4 Å². The zero-order chi connectivity index (χ0) is 28.1. The molecule has 1 aliphatic rings. The van der Waals surface area contributed by atoms with Gasteiger partial charge in [0.2, 0.25) is 0 Å². The van der Waals surface area contributed by atoms with E-state index in [2.05, 4.69) is 31.9 Å². The van der Waals surface area contributed by atoms with Gasteiger partial charge in [-0.3, -0.25) is 9.69 Å². The number of rotatable bonds is 8. The van der Waals surface area contributed by atoms with E-state index in [4.69, 9.17) is 14.5 Å². The first-order chi connectivity index (χ1) is 19.4. The fourth-order valence-electron chi connectivity index (χ4n) is 4.25. The van der Waals surface area contributed by atoms with E-state index in [0.29, 0.717) is 28.2 Å². The summed E-state index contributed by atoms with van der Waals surface area (Å²) in [5.41, 5.74) is 3.68. The van der Waals surface area contributed by atoms with Gasteiger partial charge in [0.1, 0.15) is 6.61 Å². The number of thioether (sulfide) groups is 1. The van der Waals surface area contributed by atoms with Crippen LogP contribution in [0.3, 0.4) is 0 Å². The molecular formula is C32H26Br2N2O3S. The summed E-state index contributed by atoms with van der Waals surface area (Å²) in [7, 11) is 1.61. The second-order valence-electron chi connectivity index (χ2n) is 9.05. The average Bonchev–Trinajstić information content (AvgIpc) is 3.27. The molecule has 4 aromatic rings. The Morgan fingerprint density at radius 1 is 0.950 bits per heavy atom. The van der Waals surface area contributed by atoms with E-state index in [0.717, 1.165) is 31.3 Å². The Kier molecular flexibility index (Phi) is 9.09. The molecule has 0 saturated carbocycles. The lowest BCUT2D eigenvalue weighted by Gasteiger charge is -2.24. The van der Waals surface area contributed by atoms with Crippen molar-refractivity contribution in [1.82, 2.24) is 4.90 Å². The first kappa shape index (κ1) is 28.2. The molecule has 0 N–H and O–H groups in total. The van der Waals surface area contributed by atoms with Crippen LogP contribution in [0.4, 0.5) is 5.69 Å². The van der Waals surface area contributed by atoms with Gasteiger partial charge in [0.05, 0.1) is 28.2 Å². The van der Waals surface area contributed by atoms with Crippen molar-refractivity contribution in [3.8, 4) is 11.5 Å². The summed E-state index contributed by atoms with van der Waals surface area (Å²) in [5.74, 6) is 1.08. The number of amides is 1. The van der Waals surface area contributed by atoms with Crippen LogP contribution in [0.25, 0.3) is 6.08 Å². The van der Waals surface area contributed by atoms with Crippen molar-refractivity contribution < 1.29 is 14.3 Å². The number of halogens is 2. The zero-order valence-electron chi connectivity index (χ0n) is 21.9. The maximum atomic E-state index is 13.8. The minimum atomic E-state index is -0.190. The molecule has 1 atom stereocenters. The summed E-state index contributed by atoms with van der Waals surface area (Å²) in [6, 6.07) is 31.2. The lowest BCUT2D eigenvalue weighted by molar-refractivity contribution is -0.123. The third-order valence-electron chi connectivity index (χ3n) is 6.33. The Labute approximate surface area is 255 Å². The predicted molar refractivity (Wildman–Crippen MR) is 170 cm³/mol. The van der Waals surface area contributed by atoms with E-state index in [1.54, 1.807) is 12.0 Å². The number of hydrogen-bond acceptors (Lipinski definition) is 5. The molecule has 5 nitrogen and oxygen atoms in total. The van der Waals surface area contributed by atoms with E-state index in [1.807, 2.05) is 110 Å². The minimum Gasteiger partial charge on any atom is -0.493 e. The van der Waals surface area contributed by atoms with E-state index < -0.39 is 0 Å². The number of methoxy groups -OCH3 is 1. The van der Waals surface area contributed by atoms with E-state index in [9.17, 15) is 4.79 Å². The summed E-state index contributed by atoms with van der Waals surface area (Å²) in [5, 5.41) is 0.638. The molecule has 4 aromatic carbocycles. The number of hydrogen-bond donors (Lipinski definition) is 0. The molecule has 1 fully saturated rings. The van der Waals surface area contributed by atoms with Crippen molar-refractivity contribution >= 4 is 66.5 Å². The number of carbonyl (C=O) groups is 1. The topological polar surface area (TPSA) is 51.1 Å². The molecule has 40 heavy (non-hydrogen) atoms. The number of nitrogens with zero attached hydrogens (tertiary/aromatic N) is 2. The monoisotopic (exact) mass is 676 g/mol. The molecule has 1 amide bonds. The van der Waals surface area contributed by atoms with Gasteiger partial charge in [-0.1, -0.05) is 76.6 Å². The lowest BCUT2D eigenvalue weighted by Crippen LogP contribution is -2.32. The van der Waals surface area contributed by atoms with Gasteiger partial charge in [-0.2, -0.15) is 0 Å². The Morgan fingerprint density at radius 3 is 2.30 bits per heavy atom. The first-order valence-corrected chi connectivity index (χ1v) is 15.0. The average molecular weight is 678 g/mol. The first-order valence-electron chi connectivity index (χ1n) is 12.6. The molecule has 0 aromatic heterocycles. The third-order valence-corrected chi connectivity index (χ3v) is 8.43. The van der Waals surface area contributed by atoms with Crippen LogP contribution in [0.5, 0.6) is 11.5 Å². The number of benzene rings is 4. The molecule has 202 valence electrons. The minimum absolute atomic E-state index is 0.0957. The van der Waals surface area contributed by atoms with Gasteiger partial charge in [-0.25, -0.2) is 4.99 Å². The van der Waals surface area contributed by atoms with Crippen LogP contribution in [0, 0.1) is 0 Å². The van der Waals surface area contributed by atoms with Gasteiger partial charge in [-0.05, 0) is 93.8 Å². The van der Waals surface area contributed by atoms with Crippen molar-refractivity contribution in [3.05, 3.63) is 128 Å². The quantitative estimate of drug-likeness (QED) is 0.175. The smallest absolute Gasteiger partial charge is 0.267 e. The fourth-order valence-corrected chi connectivity index (χ4v) is 6.16. The van der Waals surface area contributed by atoms with Gasteiger partial charge in [0.15, 0.2) is 16.7 Å². The SMILES string of the molecule is COc1cc(/C=C2/SC(=Nc3ccccc3)N([C@@H](C)c3ccccc3)C2=O)cc(Br)c1OCc1ccc(Br)cc1. The van der Waals surface area contributed by atoms with Crippen LogP contribution in [0.2, 0.25) is 0 Å². The summed E-state index contributed by atoms with van der Waals surface area (Å²) in [6.45, 7) is 2.41. The molecule has 1 saturated heterocycles. The fraction of sp³-hybridized carbons (Fsp3) is 0.125. The predicted octanol–water partition coefficient (Wildman–Crippen LogP) is 9.16. The van der Waals surface area contributed by atoms with Gasteiger partial charge in [0, 0.05) is 4.47 Å². The second kappa shape index (κ2) is 12.9. The highest BCUT2D eigenvalue weighted by Gasteiger charge is 2.37. The van der Waals surface area contributed by atoms with E-state index >= 15 is 0 Å². The number of carbonyl (C=O) groups excluding carboxylic acids is 1. The van der Waals surface area contributed by atoms with Gasteiger partial charge < -0.3 is 9.47 Å². The molecule has 1 heterocycles. The van der Waals surface area contributed by atoms with Crippen LogP contribution in [0.1, 0.15) is 29.7 Å². The summed E-state index contributed by atoms with van der Waals surface area (Å²) in [6.07, 6.45) is 1.87. The van der Waals surface area contributed by atoms with Crippen LogP contribution >= 0.6 is 43.6 Å². The summed E-state index contributed by atoms with van der Waals surface area (Å²) >= 11 is 8.47. The molecule has 5 rings (SSSR count). The second-order valence-corrected chi connectivity index (χ2v) is 11.8. The van der Waals surface area contributed by atoms with Crippen molar-refractivity contribution in [2.45, 2.75) is 19.6 Å². The van der Waals surface area contributed by atoms with Crippen molar-refractivity contribution in [1.29, 1.82) is 0 Å². The molecule has 0 radical (unpaired) electrons. The number of para-hydroxylation sites is 1. The largest absolute Gasteiger partial charge is 0.493 e. The number of aliphatic imine (C=N–C) groups is 1. The third kappa shape index (κ3) is 6.52. The Morgan fingerprint density at radius 2 is 1.62 bits per heavy atom. The Balaban J connectivity index is 1.46. The maximum Gasteiger partial charge on any atom is 0.267 e. The normalized spacial score (nSPS) is 16.0. The highest BCUT2D eigenvalue weighted by atomic mass is 79.9. The maximum absolute atomic E-state index is 13.8. The summed E-state index contributed by atoms with van der Waals surface area (Å²) < 4.78 is 13.5. The molecular weight excluding hydrogens is 652 g/mol. The zero-order valence-corrected chi connectivity index (χ0v) is 25.9. The van der Waals surface area contributed by atoms with Gasteiger partial charge in [0.25, 0.3) is 5.91 Å². The molecule has 8 heteroatoms. The molecule has 0 bridgehead atoms. The van der Waals surface area contributed by atoms with Crippen molar-refractivity contribution in [2.24, 2.45) is 4.99 Å².